The van der Waals surface area contributed by atoms with E-state index in [1.165, 1.54) is 0 Å². The lowest BCUT2D eigenvalue weighted by molar-refractivity contribution is 0.0944. The number of aromatic nitrogens is 3. The van der Waals surface area contributed by atoms with Gasteiger partial charge in [0.25, 0.3) is 11.5 Å². The van der Waals surface area contributed by atoms with Crippen LogP contribution in [0.5, 0.6) is 0 Å². The summed E-state index contributed by atoms with van der Waals surface area (Å²) in [5, 5.41) is 7.93. The van der Waals surface area contributed by atoms with Crippen molar-refractivity contribution < 1.29 is 4.79 Å². The molecule has 0 unspecified atom stereocenters. The molecule has 0 spiro atoms. The number of carbonyl (C=O) groups excluding carboxylic acids is 1. The molecule has 16 heavy (non-hydrogen) atoms. The molecule has 1 amide bonds. The van der Waals surface area contributed by atoms with Gasteiger partial charge in [-0.3, -0.25) is 14.6 Å². The van der Waals surface area contributed by atoms with Gasteiger partial charge < -0.3 is 5.32 Å². The fourth-order valence-electron chi connectivity index (χ4n) is 1.06. The van der Waals surface area contributed by atoms with E-state index in [9.17, 15) is 14.4 Å². The lowest BCUT2D eigenvalue weighted by Gasteiger charge is -2.05. The number of H-pyrrole nitrogens is 2. The van der Waals surface area contributed by atoms with Crippen molar-refractivity contribution >= 4 is 5.91 Å². The largest absolute Gasteiger partial charge is 0.350 e. The zero-order chi connectivity index (χ0) is 12.1. The van der Waals surface area contributed by atoms with Crippen molar-refractivity contribution in [3.63, 3.8) is 0 Å². The monoisotopic (exact) mass is 226 g/mol. The Morgan fingerprint density at radius 1 is 1.44 bits per heavy atom. The second kappa shape index (κ2) is 5.24. The van der Waals surface area contributed by atoms with Gasteiger partial charge in [0.05, 0.1) is 0 Å². The van der Waals surface area contributed by atoms with Gasteiger partial charge in [-0.1, -0.05) is 13.8 Å². The van der Waals surface area contributed by atoms with E-state index >= 15 is 0 Å². The van der Waals surface area contributed by atoms with Crippen LogP contribution in [0, 0.1) is 5.92 Å². The van der Waals surface area contributed by atoms with E-state index in [1.54, 1.807) is 0 Å². The standard InChI is InChI=1S/C9H14N4O3/c1-5(2)3-4-10-7(14)6-8(15)11-9(16)13-12-6/h5H,3-4H2,1-2H3,(H,10,14)(H2,11,13,15,16). The summed E-state index contributed by atoms with van der Waals surface area (Å²) in [4.78, 5) is 35.2. The Hall–Kier alpha value is -1.92. The van der Waals surface area contributed by atoms with Crippen molar-refractivity contribution in [2.24, 2.45) is 5.92 Å². The highest BCUT2D eigenvalue weighted by atomic mass is 16.2. The highest BCUT2D eigenvalue weighted by molar-refractivity contribution is 5.91. The number of carbonyl (C=O) groups is 1. The van der Waals surface area contributed by atoms with Crippen LogP contribution < -0.4 is 16.6 Å². The molecule has 7 nitrogen and oxygen atoms in total. The Kier molecular flexibility index (Phi) is 3.98. The predicted octanol–water partition coefficient (Wildman–Crippen LogP) is -0.766. The molecule has 0 saturated heterocycles. The summed E-state index contributed by atoms with van der Waals surface area (Å²) in [6.45, 7) is 4.52. The Labute approximate surface area is 91.3 Å². The molecular formula is C9H14N4O3. The third-order valence-electron chi connectivity index (χ3n) is 1.93. The molecule has 0 atom stereocenters. The van der Waals surface area contributed by atoms with E-state index in [4.69, 9.17) is 0 Å². The topological polar surface area (TPSA) is 108 Å². The van der Waals surface area contributed by atoms with Crippen LogP contribution in [0.1, 0.15) is 30.8 Å². The van der Waals surface area contributed by atoms with Crippen molar-refractivity contribution in [1.29, 1.82) is 0 Å². The van der Waals surface area contributed by atoms with Crippen molar-refractivity contribution in [3.05, 3.63) is 26.5 Å². The number of nitrogens with one attached hydrogen (secondary N) is 3. The van der Waals surface area contributed by atoms with E-state index < -0.39 is 17.2 Å². The fraction of sp³-hybridized carbons (Fsp3) is 0.556. The van der Waals surface area contributed by atoms with Crippen LogP contribution in [0.3, 0.4) is 0 Å². The molecule has 3 N–H and O–H groups in total. The van der Waals surface area contributed by atoms with Crippen LogP contribution >= 0.6 is 0 Å². The van der Waals surface area contributed by atoms with E-state index in [0.717, 1.165) is 6.42 Å². The van der Waals surface area contributed by atoms with Gasteiger partial charge in [0, 0.05) is 6.54 Å². The highest BCUT2D eigenvalue weighted by Crippen LogP contribution is 1.96. The molecule has 1 rings (SSSR count). The molecular weight excluding hydrogens is 212 g/mol. The molecule has 0 aliphatic rings. The highest BCUT2D eigenvalue weighted by Gasteiger charge is 2.12. The van der Waals surface area contributed by atoms with E-state index in [0.29, 0.717) is 12.5 Å². The van der Waals surface area contributed by atoms with Gasteiger partial charge in [-0.2, -0.15) is 5.10 Å². The minimum atomic E-state index is -0.786. The average molecular weight is 226 g/mol. The number of amides is 1. The lowest BCUT2D eigenvalue weighted by Crippen LogP contribution is -2.36. The smallest absolute Gasteiger partial charge is 0.342 e. The molecule has 0 bridgehead atoms. The number of hydrogen-bond donors (Lipinski definition) is 3. The Bertz CT molecular complexity index is 474. The molecule has 88 valence electrons. The Balaban J connectivity index is 2.67. The average Bonchev–Trinajstić information content (AvgIpc) is 2.16. The third kappa shape index (κ3) is 3.34. The maximum atomic E-state index is 11.4. The van der Waals surface area contributed by atoms with E-state index in [1.807, 2.05) is 23.9 Å². The van der Waals surface area contributed by atoms with Gasteiger partial charge in [0.2, 0.25) is 5.69 Å². The van der Waals surface area contributed by atoms with Crippen LogP contribution in [0.25, 0.3) is 0 Å². The van der Waals surface area contributed by atoms with Gasteiger partial charge in [0.1, 0.15) is 0 Å². The van der Waals surface area contributed by atoms with Crippen molar-refractivity contribution in [3.8, 4) is 0 Å². The molecule has 0 saturated carbocycles. The minimum absolute atomic E-state index is 0.330. The van der Waals surface area contributed by atoms with E-state index in [-0.39, 0.29) is 5.69 Å². The molecule has 0 fully saturated rings. The molecule has 0 radical (unpaired) electrons. The molecule has 0 aliphatic carbocycles. The molecule has 1 aromatic heterocycles. The fourth-order valence-corrected chi connectivity index (χ4v) is 1.06. The number of aromatic amines is 2. The molecule has 0 aromatic carbocycles. The summed E-state index contributed by atoms with van der Waals surface area (Å²) in [6.07, 6.45) is 0.812. The predicted molar refractivity (Wildman–Crippen MR) is 57.3 cm³/mol. The van der Waals surface area contributed by atoms with Crippen molar-refractivity contribution in [2.45, 2.75) is 20.3 Å². The van der Waals surface area contributed by atoms with Crippen molar-refractivity contribution in [2.75, 3.05) is 6.54 Å². The van der Waals surface area contributed by atoms with Crippen LogP contribution in [0.15, 0.2) is 9.59 Å². The summed E-state index contributed by atoms with van der Waals surface area (Å²) < 4.78 is 0. The first-order chi connectivity index (χ1) is 7.50. The van der Waals surface area contributed by atoms with Crippen LogP contribution in [-0.2, 0) is 0 Å². The summed E-state index contributed by atoms with van der Waals surface area (Å²) in [7, 11) is 0. The van der Waals surface area contributed by atoms with Gasteiger partial charge in [-0.25, -0.2) is 9.89 Å². The maximum absolute atomic E-state index is 11.4. The number of hydrogen-bond acceptors (Lipinski definition) is 4. The van der Waals surface area contributed by atoms with Crippen molar-refractivity contribution in [1.82, 2.24) is 20.5 Å². The molecule has 1 heterocycles. The number of nitrogens with zero attached hydrogens (tertiary/aromatic N) is 1. The zero-order valence-electron chi connectivity index (χ0n) is 9.16. The summed E-state index contributed by atoms with van der Waals surface area (Å²) in [5.74, 6) is -0.125. The Morgan fingerprint density at radius 2 is 2.12 bits per heavy atom. The second-order valence-corrected chi connectivity index (χ2v) is 3.79. The lowest BCUT2D eigenvalue weighted by atomic mass is 10.1. The van der Waals surface area contributed by atoms with Gasteiger partial charge in [0.15, 0.2) is 0 Å². The first kappa shape index (κ1) is 12.2. The molecule has 7 heteroatoms. The quantitative estimate of drug-likeness (QED) is 0.626. The summed E-state index contributed by atoms with van der Waals surface area (Å²) >= 11 is 0. The molecule has 0 aliphatic heterocycles. The molecule has 1 aromatic rings. The third-order valence-corrected chi connectivity index (χ3v) is 1.93. The Morgan fingerprint density at radius 3 is 2.69 bits per heavy atom. The SMILES string of the molecule is CC(C)CCNC(=O)c1n[nH]c(=O)[nH]c1=O. The number of rotatable bonds is 4. The summed E-state index contributed by atoms with van der Waals surface area (Å²) in [6, 6.07) is 0. The second-order valence-electron chi connectivity index (χ2n) is 3.79. The van der Waals surface area contributed by atoms with Crippen LogP contribution in [-0.4, -0.2) is 27.6 Å². The van der Waals surface area contributed by atoms with Gasteiger partial charge in [-0.15, -0.1) is 0 Å². The maximum Gasteiger partial charge on any atom is 0.342 e. The minimum Gasteiger partial charge on any atom is -0.350 e. The zero-order valence-corrected chi connectivity index (χ0v) is 9.16. The van der Waals surface area contributed by atoms with Crippen LogP contribution in [0.4, 0.5) is 0 Å². The van der Waals surface area contributed by atoms with Gasteiger partial charge in [-0.05, 0) is 12.3 Å². The van der Waals surface area contributed by atoms with E-state index in [2.05, 4.69) is 10.4 Å². The van der Waals surface area contributed by atoms with Gasteiger partial charge >= 0.3 is 5.69 Å². The normalized spacial score (nSPS) is 10.4. The summed E-state index contributed by atoms with van der Waals surface area (Å²) in [5.41, 5.74) is -1.85. The first-order valence-corrected chi connectivity index (χ1v) is 4.98. The van der Waals surface area contributed by atoms with Crippen LogP contribution in [0.2, 0.25) is 0 Å². The first-order valence-electron chi connectivity index (χ1n) is 4.98.